The van der Waals surface area contributed by atoms with Crippen LogP contribution in [0.15, 0.2) is 46.9 Å². The molecule has 0 aromatic heterocycles. The third-order valence-corrected chi connectivity index (χ3v) is 3.49. The number of nitrogens with one attached hydrogen (secondary N) is 1. The van der Waals surface area contributed by atoms with Gasteiger partial charge in [0, 0.05) is 21.9 Å². The van der Waals surface area contributed by atoms with E-state index < -0.39 is 0 Å². The van der Waals surface area contributed by atoms with Gasteiger partial charge < -0.3 is 11.1 Å². The molecular weight excluding hydrogens is 288 g/mol. The number of anilines is 2. The van der Waals surface area contributed by atoms with Gasteiger partial charge in [-0.15, -0.1) is 0 Å². The Kier molecular flexibility index (Phi) is 3.92. The lowest BCUT2D eigenvalue weighted by Crippen LogP contribution is -2.06. The van der Waals surface area contributed by atoms with Crippen LogP contribution in [0, 0.1) is 6.92 Å². The predicted molar refractivity (Wildman–Crippen MR) is 81.8 cm³/mol. The molecule has 2 aromatic rings. The summed E-state index contributed by atoms with van der Waals surface area (Å²) in [6.07, 6.45) is 0. The summed E-state index contributed by atoms with van der Waals surface area (Å²) < 4.78 is 1.10. The van der Waals surface area contributed by atoms with Gasteiger partial charge in [0.1, 0.15) is 0 Å². The van der Waals surface area contributed by atoms with Crippen LogP contribution in [0.3, 0.4) is 0 Å². The maximum absolute atomic E-state index is 5.82. The standard InChI is InChI=1S/C15H17BrN2/c1-10-8-14(6-7-15(10)17)18-11(2)12-4-3-5-13(16)9-12/h3-9,11,18H,17H2,1-2H3. The number of hydrogen-bond acceptors (Lipinski definition) is 2. The predicted octanol–water partition coefficient (Wildman–Crippen LogP) is 4.51. The second-order valence-electron chi connectivity index (χ2n) is 4.49. The summed E-state index contributed by atoms with van der Waals surface area (Å²) in [5.74, 6) is 0. The first-order valence-corrected chi connectivity index (χ1v) is 6.73. The van der Waals surface area contributed by atoms with E-state index >= 15 is 0 Å². The van der Waals surface area contributed by atoms with E-state index in [0.717, 1.165) is 21.4 Å². The van der Waals surface area contributed by atoms with Crippen molar-refractivity contribution in [2.24, 2.45) is 0 Å². The first-order valence-electron chi connectivity index (χ1n) is 5.94. The molecule has 0 aliphatic rings. The maximum Gasteiger partial charge on any atom is 0.0486 e. The molecule has 0 amide bonds. The van der Waals surface area contributed by atoms with E-state index in [4.69, 9.17) is 5.73 Å². The Morgan fingerprint density at radius 1 is 1.17 bits per heavy atom. The molecule has 94 valence electrons. The molecule has 2 aromatic carbocycles. The fourth-order valence-corrected chi connectivity index (χ4v) is 2.29. The largest absolute Gasteiger partial charge is 0.399 e. The lowest BCUT2D eigenvalue weighted by molar-refractivity contribution is 0.883. The van der Waals surface area contributed by atoms with E-state index in [-0.39, 0.29) is 6.04 Å². The van der Waals surface area contributed by atoms with Gasteiger partial charge in [0.2, 0.25) is 0 Å². The second kappa shape index (κ2) is 5.44. The highest BCUT2D eigenvalue weighted by atomic mass is 79.9. The molecule has 0 spiro atoms. The first-order chi connectivity index (χ1) is 8.56. The minimum absolute atomic E-state index is 0.255. The van der Waals surface area contributed by atoms with Gasteiger partial charge >= 0.3 is 0 Å². The first kappa shape index (κ1) is 13.0. The minimum Gasteiger partial charge on any atom is -0.399 e. The van der Waals surface area contributed by atoms with Crippen LogP contribution in [0.5, 0.6) is 0 Å². The number of nitrogen functional groups attached to an aromatic ring is 1. The van der Waals surface area contributed by atoms with E-state index in [1.54, 1.807) is 0 Å². The fourth-order valence-electron chi connectivity index (χ4n) is 1.87. The number of benzene rings is 2. The van der Waals surface area contributed by atoms with Gasteiger partial charge in [-0.1, -0.05) is 28.1 Å². The molecule has 2 rings (SSSR count). The third-order valence-electron chi connectivity index (χ3n) is 3.00. The molecular formula is C15H17BrN2. The molecule has 0 aliphatic carbocycles. The lowest BCUT2D eigenvalue weighted by atomic mass is 10.1. The molecule has 3 heteroatoms. The molecule has 0 aliphatic heterocycles. The molecule has 1 atom stereocenters. The second-order valence-corrected chi connectivity index (χ2v) is 5.41. The highest BCUT2D eigenvalue weighted by Gasteiger charge is 2.06. The average Bonchev–Trinajstić information content (AvgIpc) is 2.34. The van der Waals surface area contributed by atoms with Crippen molar-refractivity contribution in [2.45, 2.75) is 19.9 Å². The van der Waals surface area contributed by atoms with Crippen molar-refractivity contribution in [3.63, 3.8) is 0 Å². The number of nitrogens with two attached hydrogens (primary N) is 1. The molecule has 0 saturated carbocycles. The Bertz CT molecular complexity index is 552. The van der Waals surface area contributed by atoms with Crippen LogP contribution in [0.2, 0.25) is 0 Å². The quantitative estimate of drug-likeness (QED) is 0.819. The van der Waals surface area contributed by atoms with Gasteiger partial charge in [-0.3, -0.25) is 0 Å². The fraction of sp³-hybridized carbons (Fsp3) is 0.200. The van der Waals surface area contributed by atoms with Crippen LogP contribution in [0.4, 0.5) is 11.4 Å². The van der Waals surface area contributed by atoms with Crippen molar-refractivity contribution in [3.05, 3.63) is 58.1 Å². The Labute approximate surface area is 116 Å². The summed E-state index contributed by atoms with van der Waals surface area (Å²) in [6.45, 7) is 4.16. The van der Waals surface area contributed by atoms with Crippen LogP contribution < -0.4 is 11.1 Å². The zero-order chi connectivity index (χ0) is 13.1. The molecule has 3 N–H and O–H groups in total. The van der Waals surface area contributed by atoms with E-state index in [9.17, 15) is 0 Å². The topological polar surface area (TPSA) is 38.0 Å². The molecule has 18 heavy (non-hydrogen) atoms. The summed E-state index contributed by atoms with van der Waals surface area (Å²) in [4.78, 5) is 0. The molecule has 2 nitrogen and oxygen atoms in total. The van der Waals surface area contributed by atoms with Gasteiger partial charge in [-0.2, -0.15) is 0 Å². The highest BCUT2D eigenvalue weighted by Crippen LogP contribution is 2.24. The lowest BCUT2D eigenvalue weighted by Gasteiger charge is -2.17. The molecule has 0 radical (unpaired) electrons. The number of rotatable bonds is 3. The SMILES string of the molecule is Cc1cc(NC(C)c2cccc(Br)c2)ccc1N. The molecule has 0 fully saturated rings. The van der Waals surface area contributed by atoms with Gasteiger partial charge in [0.05, 0.1) is 0 Å². The summed E-state index contributed by atoms with van der Waals surface area (Å²) in [7, 11) is 0. The molecule has 0 heterocycles. The van der Waals surface area contributed by atoms with Crippen molar-refractivity contribution in [3.8, 4) is 0 Å². The average molecular weight is 305 g/mol. The Balaban J connectivity index is 2.16. The summed E-state index contributed by atoms with van der Waals surface area (Å²) >= 11 is 3.49. The number of aryl methyl sites for hydroxylation is 1. The minimum atomic E-state index is 0.255. The van der Waals surface area contributed by atoms with E-state index in [1.165, 1.54) is 5.56 Å². The molecule has 0 saturated heterocycles. The van der Waals surface area contributed by atoms with Crippen LogP contribution >= 0.6 is 15.9 Å². The van der Waals surface area contributed by atoms with Crippen LogP contribution in [-0.2, 0) is 0 Å². The van der Waals surface area contributed by atoms with Gasteiger partial charge in [0.15, 0.2) is 0 Å². The molecule has 0 bridgehead atoms. The van der Waals surface area contributed by atoms with Crippen molar-refractivity contribution in [2.75, 3.05) is 11.1 Å². The van der Waals surface area contributed by atoms with E-state index in [0.29, 0.717) is 0 Å². The van der Waals surface area contributed by atoms with E-state index in [1.807, 2.05) is 31.2 Å². The Morgan fingerprint density at radius 2 is 1.94 bits per heavy atom. The van der Waals surface area contributed by atoms with Crippen LogP contribution in [0.25, 0.3) is 0 Å². The van der Waals surface area contributed by atoms with Gasteiger partial charge in [-0.25, -0.2) is 0 Å². The van der Waals surface area contributed by atoms with Crippen molar-refractivity contribution in [1.82, 2.24) is 0 Å². The smallest absolute Gasteiger partial charge is 0.0486 e. The highest BCUT2D eigenvalue weighted by molar-refractivity contribution is 9.10. The zero-order valence-electron chi connectivity index (χ0n) is 10.6. The van der Waals surface area contributed by atoms with Crippen molar-refractivity contribution in [1.29, 1.82) is 0 Å². The summed E-state index contributed by atoms with van der Waals surface area (Å²) in [5.41, 5.74) is 10.1. The zero-order valence-corrected chi connectivity index (χ0v) is 12.2. The van der Waals surface area contributed by atoms with Gasteiger partial charge in [0.25, 0.3) is 0 Å². The van der Waals surface area contributed by atoms with Crippen molar-refractivity contribution < 1.29 is 0 Å². The summed E-state index contributed by atoms with van der Waals surface area (Å²) in [6, 6.07) is 14.6. The van der Waals surface area contributed by atoms with Crippen molar-refractivity contribution >= 4 is 27.3 Å². The number of halogens is 1. The molecule has 1 unspecified atom stereocenters. The van der Waals surface area contributed by atoms with Gasteiger partial charge in [-0.05, 0) is 55.3 Å². The summed E-state index contributed by atoms with van der Waals surface area (Å²) in [5, 5.41) is 3.48. The monoisotopic (exact) mass is 304 g/mol. The van der Waals surface area contributed by atoms with Crippen LogP contribution in [-0.4, -0.2) is 0 Å². The Morgan fingerprint density at radius 3 is 2.61 bits per heavy atom. The normalized spacial score (nSPS) is 12.2. The number of hydrogen-bond donors (Lipinski definition) is 2. The maximum atomic E-state index is 5.82. The van der Waals surface area contributed by atoms with Crippen LogP contribution in [0.1, 0.15) is 24.1 Å². The third kappa shape index (κ3) is 3.05. The Hall–Kier alpha value is -1.48. The van der Waals surface area contributed by atoms with E-state index in [2.05, 4.69) is 46.4 Å².